The Balaban J connectivity index is 0.00000147. The average molecular weight is 311 g/mol. The van der Waals surface area contributed by atoms with Crippen molar-refractivity contribution in [3.8, 4) is 0 Å². The number of aryl methyl sites for hydroxylation is 1. The van der Waals surface area contributed by atoms with Gasteiger partial charge in [-0.2, -0.15) is 26.7 Å². The van der Waals surface area contributed by atoms with Crippen LogP contribution in [0.1, 0.15) is 29.3 Å². The fraction of sp³-hybridized carbons (Fsp3) is 0.250. The normalized spacial score (nSPS) is 12.0. The molecular weight excluding hydrogens is 296 g/mol. The Bertz CT molecular complexity index is 618. The van der Waals surface area contributed by atoms with Crippen molar-refractivity contribution in [3.05, 3.63) is 46.2 Å². The van der Waals surface area contributed by atoms with Crippen molar-refractivity contribution in [1.29, 1.82) is 0 Å². The third-order valence-corrected chi connectivity index (χ3v) is 3.82. The Kier molecular flexibility index (Phi) is 4.75. The summed E-state index contributed by atoms with van der Waals surface area (Å²) in [5.74, 6) is 0.558. The molecule has 0 amide bonds. The number of aromatic amines is 2. The van der Waals surface area contributed by atoms with Crippen molar-refractivity contribution in [2.24, 2.45) is 0 Å². The van der Waals surface area contributed by atoms with Crippen LogP contribution in [0.4, 0.5) is 5.95 Å². The summed E-state index contributed by atoms with van der Waals surface area (Å²) in [4.78, 5) is 7.14. The predicted molar refractivity (Wildman–Crippen MR) is 81.1 cm³/mol. The summed E-state index contributed by atoms with van der Waals surface area (Å²) >= 11 is 1.71. The van der Waals surface area contributed by atoms with Gasteiger partial charge in [0.15, 0.2) is 5.95 Å². The lowest BCUT2D eigenvalue weighted by Crippen LogP contribution is -2.04. The molecule has 4 N–H and O–H groups in total. The highest BCUT2D eigenvalue weighted by Gasteiger charge is 2.19. The van der Waals surface area contributed by atoms with Crippen LogP contribution < -0.4 is 5.73 Å². The van der Waals surface area contributed by atoms with Crippen LogP contribution in [-0.2, 0) is 6.42 Å². The maximum atomic E-state index is 5.65. The number of anilines is 1. The quantitative estimate of drug-likeness (QED) is 0.674. The molecule has 20 heavy (non-hydrogen) atoms. The van der Waals surface area contributed by atoms with Crippen molar-refractivity contribution >= 4 is 29.7 Å². The largest absolute Gasteiger partial charge is 0.369 e. The predicted octanol–water partition coefficient (Wildman–Crippen LogP) is 2.36. The molecule has 0 bridgehead atoms. The lowest BCUT2D eigenvalue weighted by Gasteiger charge is -2.11. The highest BCUT2D eigenvalue weighted by atomic mass is 35.5. The van der Waals surface area contributed by atoms with E-state index in [0.29, 0.717) is 5.95 Å². The highest BCUT2D eigenvalue weighted by Crippen LogP contribution is 2.27. The highest BCUT2D eigenvalue weighted by molar-refractivity contribution is 7.07. The molecule has 3 aromatic rings. The minimum atomic E-state index is 0. The maximum absolute atomic E-state index is 5.65. The second-order valence-corrected chi connectivity index (χ2v) is 5.12. The Morgan fingerprint density at radius 1 is 1.35 bits per heavy atom. The molecule has 0 aliphatic heterocycles. The number of hydrogen-bond donors (Lipinski definition) is 3. The van der Waals surface area contributed by atoms with Crippen LogP contribution in [0.25, 0.3) is 0 Å². The Morgan fingerprint density at radius 2 is 2.25 bits per heavy atom. The Hall–Kier alpha value is -1.86. The molecule has 3 rings (SSSR count). The first-order valence-electron chi connectivity index (χ1n) is 6.00. The van der Waals surface area contributed by atoms with E-state index < -0.39 is 0 Å². The first kappa shape index (κ1) is 14.5. The summed E-state index contributed by atoms with van der Waals surface area (Å²) in [5.41, 5.74) is 8.87. The van der Waals surface area contributed by atoms with Crippen LogP contribution in [-0.4, -0.2) is 25.4 Å². The molecule has 1 unspecified atom stereocenters. The molecule has 0 aromatic carbocycles. The van der Waals surface area contributed by atoms with Gasteiger partial charge in [-0.3, -0.25) is 0 Å². The van der Waals surface area contributed by atoms with Gasteiger partial charge in [-0.15, -0.1) is 12.4 Å². The number of nitrogens with two attached hydrogens (primary N) is 1. The number of hydrogen-bond acceptors (Lipinski definition) is 5. The number of aromatic nitrogens is 5. The van der Waals surface area contributed by atoms with Crippen molar-refractivity contribution in [2.45, 2.75) is 18.8 Å². The first-order chi connectivity index (χ1) is 9.33. The molecule has 0 fully saturated rings. The van der Waals surface area contributed by atoms with Gasteiger partial charge in [0.25, 0.3) is 0 Å². The van der Waals surface area contributed by atoms with Crippen molar-refractivity contribution < 1.29 is 0 Å². The summed E-state index contributed by atoms with van der Waals surface area (Å²) in [6, 6.07) is 2.14. The second-order valence-electron chi connectivity index (χ2n) is 4.34. The number of nitrogen functional groups attached to an aromatic ring is 1. The topological polar surface area (TPSA) is 96.3 Å². The fourth-order valence-corrected chi connectivity index (χ4v) is 2.82. The molecule has 106 valence electrons. The van der Waals surface area contributed by atoms with Crippen molar-refractivity contribution in [1.82, 2.24) is 25.4 Å². The van der Waals surface area contributed by atoms with Crippen LogP contribution in [0.15, 0.2) is 29.2 Å². The third kappa shape index (κ3) is 3.17. The van der Waals surface area contributed by atoms with Crippen LogP contribution >= 0.6 is 23.7 Å². The minimum absolute atomic E-state index is 0. The summed E-state index contributed by atoms with van der Waals surface area (Å²) in [5, 5.41) is 15.0. The SMILES string of the molecule is Cl.Nc1ncc(C(CCc2ccsc2)c2cn[nH]n2)[nH]1. The maximum Gasteiger partial charge on any atom is 0.197 e. The van der Waals surface area contributed by atoms with Crippen molar-refractivity contribution in [3.63, 3.8) is 0 Å². The number of nitrogens with zero attached hydrogens (tertiary/aromatic N) is 3. The summed E-state index contributed by atoms with van der Waals surface area (Å²) in [6.07, 6.45) is 5.43. The molecule has 0 radical (unpaired) electrons. The molecule has 0 spiro atoms. The van der Waals surface area contributed by atoms with Gasteiger partial charge in [0.05, 0.1) is 18.1 Å². The van der Waals surface area contributed by atoms with E-state index in [9.17, 15) is 0 Å². The minimum Gasteiger partial charge on any atom is -0.369 e. The molecule has 8 heteroatoms. The zero-order chi connectivity index (χ0) is 13.1. The summed E-state index contributed by atoms with van der Waals surface area (Å²) in [6.45, 7) is 0. The van der Waals surface area contributed by atoms with Gasteiger partial charge in [0.2, 0.25) is 0 Å². The summed E-state index contributed by atoms with van der Waals surface area (Å²) in [7, 11) is 0. The molecule has 0 saturated heterocycles. The molecule has 0 aliphatic carbocycles. The molecule has 0 saturated carbocycles. The standard InChI is InChI=1S/C12H14N6S.ClH/c13-12-14-5-10(16-12)9(11-6-15-18-17-11)2-1-8-3-4-19-7-8;/h3-7,9H,1-2H2,(H3,13,14,16)(H,15,17,18);1H. The number of nitrogens with one attached hydrogen (secondary N) is 2. The number of imidazole rings is 1. The van der Waals surface area contributed by atoms with Gasteiger partial charge >= 0.3 is 0 Å². The molecule has 0 aliphatic rings. The van der Waals surface area contributed by atoms with Crippen molar-refractivity contribution in [2.75, 3.05) is 5.73 Å². The lowest BCUT2D eigenvalue weighted by atomic mass is 9.95. The number of rotatable bonds is 5. The van der Waals surface area contributed by atoms with Crippen LogP contribution in [0.3, 0.4) is 0 Å². The molecule has 6 nitrogen and oxygen atoms in total. The molecule has 3 aromatic heterocycles. The lowest BCUT2D eigenvalue weighted by molar-refractivity contribution is 0.678. The van der Waals surface area contributed by atoms with E-state index in [-0.39, 0.29) is 18.3 Å². The number of thiophene rings is 1. The van der Waals surface area contributed by atoms with Crippen LogP contribution in [0.5, 0.6) is 0 Å². The molecule has 3 heterocycles. The fourth-order valence-electron chi connectivity index (χ4n) is 2.12. The number of halogens is 1. The van der Waals surface area contributed by atoms with E-state index in [0.717, 1.165) is 24.2 Å². The van der Waals surface area contributed by atoms with Crippen LogP contribution in [0, 0.1) is 0 Å². The smallest absolute Gasteiger partial charge is 0.197 e. The van der Waals surface area contributed by atoms with E-state index >= 15 is 0 Å². The zero-order valence-corrected chi connectivity index (χ0v) is 12.2. The van der Waals surface area contributed by atoms with E-state index in [2.05, 4.69) is 42.2 Å². The van der Waals surface area contributed by atoms with Gasteiger partial charge in [0.1, 0.15) is 0 Å². The van der Waals surface area contributed by atoms with E-state index in [4.69, 9.17) is 5.73 Å². The second kappa shape index (κ2) is 6.53. The van der Waals surface area contributed by atoms with Gasteiger partial charge in [-0.25, -0.2) is 4.98 Å². The third-order valence-electron chi connectivity index (χ3n) is 3.08. The average Bonchev–Trinajstić information content (AvgIpc) is 3.11. The molecule has 1 atom stereocenters. The monoisotopic (exact) mass is 310 g/mol. The van der Waals surface area contributed by atoms with Crippen LogP contribution in [0.2, 0.25) is 0 Å². The Labute approximate surface area is 126 Å². The van der Waals surface area contributed by atoms with Gasteiger partial charge in [-0.1, -0.05) is 0 Å². The molecular formula is C12H15ClN6S. The van der Waals surface area contributed by atoms with E-state index in [1.165, 1.54) is 5.56 Å². The van der Waals surface area contributed by atoms with E-state index in [1.54, 1.807) is 23.7 Å². The van der Waals surface area contributed by atoms with Gasteiger partial charge < -0.3 is 10.7 Å². The summed E-state index contributed by atoms with van der Waals surface area (Å²) < 4.78 is 0. The number of H-pyrrole nitrogens is 2. The zero-order valence-electron chi connectivity index (χ0n) is 10.6. The van der Waals surface area contributed by atoms with Gasteiger partial charge in [-0.05, 0) is 35.2 Å². The van der Waals surface area contributed by atoms with E-state index in [1.807, 2.05) is 0 Å². The Morgan fingerprint density at radius 3 is 2.85 bits per heavy atom. The van der Waals surface area contributed by atoms with Gasteiger partial charge in [0, 0.05) is 11.6 Å². The first-order valence-corrected chi connectivity index (χ1v) is 6.94.